The zero-order valence-corrected chi connectivity index (χ0v) is 16.3. The Morgan fingerprint density at radius 1 is 1.00 bits per heavy atom. The highest BCUT2D eigenvalue weighted by Gasteiger charge is 2.23. The van der Waals surface area contributed by atoms with Crippen molar-refractivity contribution in [3.05, 3.63) is 59.9 Å². The number of nitrogens with zero attached hydrogens (tertiary/aromatic N) is 6. The number of furan rings is 1. The largest absolute Gasteiger partial charge is 0.461 e. The summed E-state index contributed by atoms with van der Waals surface area (Å²) < 4.78 is 7.01. The van der Waals surface area contributed by atoms with Crippen molar-refractivity contribution < 1.29 is 4.42 Å². The smallest absolute Gasteiger partial charge is 0.225 e. The topological polar surface area (TPSA) is 88.7 Å². The van der Waals surface area contributed by atoms with Gasteiger partial charge in [-0.3, -0.25) is 4.90 Å². The van der Waals surface area contributed by atoms with Gasteiger partial charge in [0.2, 0.25) is 11.8 Å². The molecule has 5 rings (SSSR count). The molecule has 0 spiro atoms. The first kappa shape index (κ1) is 17.7. The van der Waals surface area contributed by atoms with E-state index in [9.17, 15) is 0 Å². The molecule has 1 aliphatic rings. The van der Waals surface area contributed by atoms with Gasteiger partial charge < -0.3 is 15.1 Å². The molecular weight excluding hydrogens is 366 g/mol. The maximum absolute atomic E-state index is 6.21. The summed E-state index contributed by atoms with van der Waals surface area (Å²) >= 11 is 0. The van der Waals surface area contributed by atoms with Crippen molar-refractivity contribution in [3.8, 4) is 11.6 Å². The van der Waals surface area contributed by atoms with Crippen LogP contribution in [0.25, 0.3) is 17.2 Å². The number of piperazine rings is 1. The van der Waals surface area contributed by atoms with E-state index in [-0.39, 0.29) is 0 Å². The summed E-state index contributed by atoms with van der Waals surface area (Å²) in [6.07, 6.45) is 1.61. The van der Waals surface area contributed by atoms with E-state index in [2.05, 4.69) is 55.2 Å². The Hall–Kier alpha value is -3.39. The Labute approximate surface area is 168 Å². The van der Waals surface area contributed by atoms with Crippen LogP contribution in [0.15, 0.2) is 53.1 Å². The maximum Gasteiger partial charge on any atom is 0.225 e. The van der Waals surface area contributed by atoms with Crippen LogP contribution in [0, 0.1) is 6.92 Å². The van der Waals surface area contributed by atoms with Gasteiger partial charge in [-0.2, -0.15) is 9.50 Å². The Kier molecular flexibility index (Phi) is 4.40. The lowest BCUT2D eigenvalue weighted by atomic mass is 10.2. The zero-order chi connectivity index (χ0) is 19.8. The second-order valence-electron chi connectivity index (χ2n) is 7.32. The number of aryl methyl sites for hydroxylation is 1. The monoisotopic (exact) mass is 389 g/mol. The van der Waals surface area contributed by atoms with Gasteiger partial charge >= 0.3 is 0 Å². The summed E-state index contributed by atoms with van der Waals surface area (Å²) in [5.41, 5.74) is 9.24. The van der Waals surface area contributed by atoms with E-state index in [1.165, 1.54) is 5.56 Å². The van der Waals surface area contributed by atoms with Crippen molar-refractivity contribution in [1.29, 1.82) is 0 Å². The van der Waals surface area contributed by atoms with Gasteiger partial charge in [-0.05, 0) is 24.6 Å². The predicted octanol–water partition coefficient (Wildman–Crippen LogP) is 2.60. The molecule has 8 nitrogen and oxygen atoms in total. The third kappa shape index (κ3) is 3.31. The van der Waals surface area contributed by atoms with E-state index in [4.69, 9.17) is 10.2 Å². The molecule has 2 N–H and O–H groups in total. The number of nitrogens with two attached hydrogens (primary N) is 1. The summed E-state index contributed by atoms with van der Waals surface area (Å²) in [5.74, 6) is 2.34. The van der Waals surface area contributed by atoms with Crippen LogP contribution >= 0.6 is 0 Å². The van der Waals surface area contributed by atoms with E-state index in [1.54, 1.807) is 10.8 Å². The van der Waals surface area contributed by atoms with Gasteiger partial charge in [-0.1, -0.05) is 30.3 Å². The van der Waals surface area contributed by atoms with E-state index in [0.29, 0.717) is 23.2 Å². The fourth-order valence-corrected chi connectivity index (χ4v) is 3.83. The highest BCUT2D eigenvalue weighted by molar-refractivity contribution is 5.66. The summed E-state index contributed by atoms with van der Waals surface area (Å²) in [5, 5.41) is 4.46. The number of rotatable bonds is 4. The third-order valence-electron chi connectivity index (χ3n) is 5.38. The average Bonchev–Trinajstić information content (AvgIpc) is 3.42. The van der Waals surface area contributed by atoms with Crippen LogP contribution in [-0.4, -0.2) is 50.7 Å². The van der Waals surface area contributed by atoms with Crippen LogP contribution in [0.2, 0.25) is 0 Å². The minimum atomic E-state index is 0.331. The second kappa shape index (κ2) is 7.21. The molecule has 1 aromatic carbocycles. The van der Waals surface area contributed by atoms with Crippen LogP contribution in [0.4, 0.5) is 11.8 Å². The second-order valence-corrected chi connectivity index (χ2v) is 7.32. The Balaban J connectivity index is 1.37. The number of anilines is 2. The van der Waals surface area contributed by atoms with Gasteiger partial charge in [0.1, 0.15) is 5.82 Å². The van der Waals surface area contributed by atoms with Gasteiger partial charge in [0.05, 0.1) is 6.26 Å². The minimum absolute atomic E-state index is 0.331. The van der Waals surface area contributed by atoms with Gasteiger partial charge in [0.25, 0.3) is 0 Å². The van der Waals surface area contributed by atoms with Crippen molar-refractivity contribution >= 4 is 17.4 Å². The Morgan fingerprint density at radius 2 is 1.79 bits per heavy atom. The first-order chi connectivity index (χ1) is 14.2. The van der Waals surface area contributed by atoms with E-state index in [1.807, 2.05) is 19.1 Å². The van der Waals surface area contributed by atoms with Gasteiger partial charge in [-0.15, -0.1) is 5.10 Å². The molecule has 0 saturated carbocycles. The van der Waals surface area contributed by atoms with Crippen molar-refractivity contribution in [2.75, 3.05) is 36.8 Å². The fourth-order valence-electron chi connectivity index (χ4n) is 3.83. The van der Waals surface area contributed by atoms with E-state index in [0.717, 1.165) is 44.1 Å². The molecule has 1 aliphatic heterocycles. The van der Waals surface area contributed by atoms with Crippen LogP contribution < -0.4 is 10.6 Å². The van der Waals surface area contributed by atoms with Crippen molar-refractivity contribution in [2.24, 2.45) is 0 Å². The zero-order valence-electron chi connectivity index (χ0n) is 16.3. The fraction of sp³-hybridized carbons (Fsp3) is 0.286. The summed E-state index contributed by atoms with van der Waals surface area (Å²) in [4.78, 5) is 14.0. The summed E-state index contributed by atoms with van der Waals surface area (Å²) in [7, 11) is 0. The molecule has 1 fully saturated rings. The molecule has 4 aromatic rings. The Bertz CT molecular complexity index is 1110. The van der Waals surface area contributed by atoms with Crippen molar-refractivity contribution in [1.82, 2.24) is 24.5 Å². The molecule has 3 aromatic heterocycles. The molecular formula is C21H23N7O. The SMILES string of the molecule is Cc1c(N2CCN(Cc3ccccc3)CC2)nc(N)n2nc(-c3ccco3)nc12. The predicted molar refractivity (Wildman–Crippen MR) is 112 cm³/mol. The van der Waals surface area contributed by atoms with Gasteiger partial charge in [0, 0.05) is 38.3 Å². The van der Waals surface area contributed by atoms with Crippen molar-refractivity contribution in [2.45, 2.75) is 13.5 Å². The van der Waals surface area contributed by atoms with Crippen LogP contribution in [0.3, 0.4) is 0 Å². The molecule has 0 bridgehead atoms. The number of hydrogen-bond donors (Lipinski definition) is 1. The quantitative estimate of drug-likeness (QED) is 0.574. The first-order valence-corrected chi connectivity index (χ1v) is 9.77. The molecule has 0 unspecified atom stereocenters. The van der Waals surface area contributed by atoms with Crippen LogP contribution in [0.1, 0.15) is 11.1 Å². The lowest BCUT2D eigenvalue weighted by molar-refractivity contribution is 0.249. The third-order valence-corrected chi connectivity index (χ3v) is 5.38. The number of hydrogen-bond acceptors (Lipinski definition) is 7. The van der Waals surface area contributed by atoms with E-state index < -0.39 is 0 Å². The van der Waals surface area contributed by atoms with Gasteiger partial charge in [-0.25, -0.2) is 4.98 Å². The molecule has 0 atom stereocenters. The van der Waals surface area contributed by atoms with Crippen molar-refractivity contribution in [3.63, 3.8) is 0 Å². The minimum Gasteiger partial charge on any atom is -0.461 e. The standard InChI is InChI=1S/C21H23N7O/c1-15-19(27-11-9-26(10-12-27)14-16-6-3-2-4-7-16)24-21(22)28-20(15)23-18(25-28)17-8-5-13-29-17/h2-8,13H,9-12,14H2,1H3,(H2,22,24). The highest BCUT2D eigenvalue weighted by atomic mass is 16.3. The van der Waals surface area contributed by atoms with Gasteiger partial charge in [0.15, 0.2) is 11.4 Å². The van der Waals surface area contributed by atoms with E-state index >= 15 is 0 Å². The average molecular weight is 389 g/mol. The van der Waals surface area contributed by atoms with Crippen LogP contribution in [-0.2, 0) is 6.54 Å². The molecule has 1 saturated heterocycles. The number of benzene rings is 1. The molecule has 0 amide bonds. The highest BCUT2D eigenvalue weighted by Crippen LogP contribution is 2.26. The number of aromatic nitrogens is 4. The molecule has 4 heterocycles. The summed E-state index contributed by atoms with van der Waals surface area (Å²) in [6, 6.07) is 14.2. The number of nitrogen functional groups attached to an aromatic ring is 1. The first-order valence-electron chi connectivity index (χ1n) is 9.77. The van der Waals surface area contributed by atoms with Crippen LogP contribution in [0.5, 0.6) is 0 Å². The molecule has 8 heteroatoms. The lowest BCUT2D eigenvalue weighted by Crippen LogP contribution is -2.46. The number of fused-ring (bicyclic) bond motifs is 1. The molecule has 0 radical (unpaired) electrons. The molecule has 148 valence electrons. The Morgan fingerprint density at radius 3 is 2.52 bits per heavy atom. The normalized spacial score (nSPS) is 15.3. The molecule has 0 aliphatic carbocycles. The lowest BCUT2D eigenvalue weighted by Gasteiger charge is -2.36. The summed E-state index contributed by atoms with van der Waals surface area (Å²) in [6.45, 7) is 6.74. The maximum atomic E-state index is 6.21. The molecule has 29 heavy (non-hydrogen) atoms.